The Morgan fingerprint density at radius 1 is 0.931 bits per heavy atom. The zero-order chi connectivity index (χ0) is 21.0. The molecule has 150 valence electrons. The summed E-state index contributed by atoms with van der Waals surface area (Å²) in [7, 11) is 5.46. The topological polar surface area (TPSA) is 82.1 Å². The maximum atomic E-state index is 13.1. The van der Waals surface area contributed by atoms with Gasteiger partial charge in [-0.25, -0.2) is 5.48 Å². The molecule has 0 aliphatic heterocycles. The molecule has 2 N–H and O–H groups in total. The number of fused-ring (bicyclic) bond motifs is 1. The van der Waals surface area contributed by atoms with Crippen molar-refractivity contribution in [3.63, 3.8) is 0 Å². The van der Waals surface area contributed by atoms with E-state index in [0.717, 1.165) is 22.9 Å². The zero-order valence-corrected chi connectivity index (χ0v) is 16.5. The van der Waals surface area contributed by atoms with Crippen molar-refractivity contribution in [2.45, 2.75) is 6.54 Å². The number of carbonyl (C=O) groups excluding carboxylic acids is 2. The van der Waals surface area contributed by atoms with E-state index in [4.69, 9.17) is 10.0 Å². The molecular formula is C22H23N3O4. The van der Waals surface area contributed by atoms with E-state index in [0.29, 0.717) is 11.3 Å². The van der Waals surface area contributed by atoms with Crippen molar-refractivity contribution in [2.75, 3.05) is 26.3 Å². The molecule has 0 heterocycles. The third kappa shape index (κ3) is 4.27. The van der Waals surface area contributed by atoms with E-state index < -0.39 is 5.91 Å². The summed E-state index contributed by atoms with van der Waals surface area (Å²) < 4.78 is 0. The Hall–Kier alpha value is -3.26. The fourth-order valence-corrected chi connectivity index (χ4v) is 3.24. The Balaban J connectivity index is 2.00. The SMILES string of the molecule is CON(C(=O)c1ccc(C(=O)NO)cc1)c1ccc(CN(C)C)c2ccccc12. The number of rotatable bonds is 6. The van der Waals surface area contributed by atoms with Crippen LogP contribution in [0, 0.1) is 0 Å². The van der Waals surface area contributed by atoms with Crippen molar-refractivity contribution >= 4 is 28.3 Å². The first kappa shape index (κ1) is 20.5. The molecule has 0 aliphatic rings. The van der Waals surface area contributed by atoms with Crippen LogP contribution in [-0.2, 0) is 11.4 Å². The predicted molar refractivity (Wildman–Crippen MR) is 111 cm³/mol. The minimum Gasteiger partial charge on any atom is -0.305 e. The summed E-state index contributed by atoms with van der Waals surface area (Å²) in [5.41, 5.74) is 3.94. The van der Waals surface area contributed by atoms with Crippen LogP contribution >= 0.6 is 0 Å². The summed E-state index contributed by atoms with van der Waals surface area (Å²) in [6, 6.07) is 17.7. The van der Waals surface area contributed by atoms with E-state index in [1.54, 1.807) is 5.48 Å². The number of hydroxylamine groups is 2. The molecule has 0 spiro atoms. The van der Waals surface area contributed by atoms with Crippen LogP contribution in [0.25, 0.3) is 10.8 Å². The maximum absolute atomic E-state index is 13.1. The van der Waals surface area contributed by atoms with Crippen LogP contribution in [0.2, 0.25) is 0 Å². The van der Waals surface area contributed by atoms with Crippen LogP contribution < -0.4 is 10.5 Å². The smallest absolute Gasteiger partial charge is 0.282 e. The molecule has 0 radical (unpaired) electrons. The second-order valence-corrected chi connectivity index (χ2v) is 6.83. The van der Waals surface area contributed by atoms with Gasteiger partial charge < -0.3 is 4.90 Å². The second-order valence-electron chi connectivity index (χ2n) is 6.83. The lowest BCUT2D eigenvalue weighted by molar-refractivity contribution is 0.0705. The van der Waals surface area contributed by atoms with Crippen molar-refractivity contribution in [1.29, 1.82) is 0 Å². The first-order valence-electron chi connectivity index (χ1n) is 9.04. The predicted octanol–water partition coefficient (Wildman–Crippen LogP) is 3.23. The highest BCUT2D eigenvalue weighted by atomic mass is 16.7. The number of hydrogen-bond donors (Lipinski definition) is 2. The van der Waals surface area contributed by atoms with E-state index in [-0.39, 0.29) is 11.5 Å². The van der Waals surface area contributed by atoms with Crippen molar-refractivity contribution in [2.24, 2.45) is 0 Å². The van der Waals surface area contributed by atoms with Crippen LogP contribution in [0.4, 0.5) is 5.69 Å². The van der Waals surface area contributed by atoms with Gasteiger partial charge in [-0.2, -0.15) is 5.06 Å². The second kappa shape index (κ2) is 8.83. The molecule has 0 aromatic heterocycles. The van der Waals surface area contributed by atoms with Gasteiger partial charge in [0, 0.05) is 23.1 Å². The van der Waals surface area contributed by atoms with Crippen LogP contribution in [0.3, 0.4) is 0 Å². The third-order valence-electron chi connectivity index (χ3n) is 4.56. The number of anilines is 1. The highest BCUT2D eigenvalue weighted by Gasteiger charge is 2.21. The lowest BCUT2D eigenvalue weighted by Crippen LogP contribution is -2.30. The first-order chi connectivity index (χ1) is 14.0. The van der Waals surface area contributed by atoms with E-state index in [9.17, 15) is 9.59 Å². The average molecular weight is 393 g/mol. The number of nitrogens with zero attached hydrogens (tertiary/aromatic N) is 2. The van der Waals surface area contributed by atoms with Crippen LogP contribution in [0.1, 0.15) is 26.3 Å². The molecule has 29 heavy (non-hydrogen) atoms. The largest absolute Gasteiger partial charge is 0.305 e. The molecule has 7 heteroatoms. The highest BCUT2D eigenvalue weighted by molar-refractivity contribution is 6.10. The summed E-state index contributed by atoms with van der Waals surface area (Å²) in [5, 5.41) is 11.9. The van der Waals surface area contributed by atoms with Gasteiger partial charge in [-0.05, 0) is 55.4 Å². The molecule has 7 nitrogen and oxygen atoms in total. The van der Waals surface area contributed by atoms with E-state index in [2.05, 4.69) is 4.90 Å². The molecule has 0 saturated carbocycles. The maximum Gasteiger partial charge on any atom is 0.282 e. The Labute approximate surface area is 169 Å². The summed E-state index contributed by atoms with van der Waals surface area (Å²) in [4.78, 5) is 32.1. The normalized spacial score (nSPS) is 10.9. The number of nitrogens with one attached hydrogen (secondary N) is 1. The Kier molecular flexibility index (Phi) is 6.23. The van der Waals surface area contributed by atoms with Gasteiger partial charge >= 0.3 is 0 Å². The van der Waals surface area contributed by atoms with Gasteiger partial charge in [-0.15, -0.1) is 0 Å². The van der Waals surface area contributed by atoms with E-state index >= 15 is 0 Å². The van der Waals surface area contributed by atoms with Crippen molar-refractivity contribution in [3.05, 3.63) is 77.4 Å². The molecule has 2 amide bonds. The van der Waals surface area contributed by atoms with Gasteiger partial charge in [0.2, 0.25) is 0 Å². The summed E-state index contributed by atoms with van der Waals surface area (Å²) in [6.07, 6.45) is 0. The minimum absolute atomic E-state index is 0.242. The van der Waals surface area contributed by atoms with Gasteiger partial charge in [0.15, 0.2) is 0 Å². The van der Waals surface area contributed by atoms with Crippen molar-refractivity contribution < 1.29 is 19.6 Å². The third-order valence-corrected chi connectivity index (χ3v) is 4.56. The van der Waals surface area contributed by atoms with Gasteiger partial charge in [0.05, 0.1) is 12.8 Å². The van der Waals surface area contributed by atoms with Crippen LogP contribution in [0.15, 0.2) is 60.7 Å². The van der Waals surface area contributed by atoms with Gasteiger partial charge in [0.25, 0.3) is 11.8 Å². The molecule has 0 saturated heterocycles. The minimum atomic E-state index is -0.643. The van der Waals surface area contributed by atoms with Crippen molar-refractivity contribution in [3.8, 4) is 0 Å². The molecular weight excluding hydrogens is 370 g/mol. The molecule has 0 aliphatic carbocycles. The summed E-state index contributed by atoms with van der Waals surface area (Å²) in [5.74, 6) is -1.01. The standard InChI is InChI=1S/C22H23N3O4/c1-24(2)14-17-12-13-20(19-7-5-4-6-18(17)19)25(29-3)22(27)16-10-8-15(9-11-16)21(26)23-28/h4-13,28H,14H2,1-3H3,(H,23,26). The van der Waals surface area contributed by atoms with Gasteiger partial charge in [0.1, 0.15) is 0 Å². The number of benzene rings is 3. The number of hydrogen-bond acceptors (Lipinski definition) is 5. The average Bonchev–Trinajstić information content (AvgIpc) is 2.74. The molecule has 3 aromatic carbocycles. The molecule has 3 aromatic rings. The zero-order valence-electron chi connectivity index (χ0n) is 16.5. The van der Waals surface area contributed by atoms with Gasteiger partial charge in [-0.3, -0.25) is 19.6 Å². The lowest BCUT2D eigenvalue weighted by Gasteiger charge is -2.23. The Morgan fingerprint density at radius 2 is 1.55 bits per heavy atom. The van der Waals surface area contributed by atoms with Crippen LogP contribution in [-0.4, -0.2) is 43.1 Å². The quantitative estimate of drug-likeness (QED) is 0.496. The molecule has 0 fully saturated rings. The van der Waals surface area contributed by atoms with Gasteiger partial charge in [-0.1, -0.05) is 30.3 Å². The fourth-order valence-electron chi connectivity index (χ4n) is 3.24. The molecule has 0 unspecified atom stereocenters. The Bertz CT molecular complexity index is 1030. The first-order valence-corrected chi connectivity index (χ1v) is 9.04. The van der Waals surface area contributed by atoms with Crippen molar-refractivity contribution in [1.82, 2.24) is 10.4 Å². The lowest BCUT2D eigenvalue weighted by atomic mass is 10.0. The Morgan fingerprint density at radius 3 is 2.14 bits per heavy atom. The molecule has 0 bridgehead atoms. The summed E-state index contributed by atoms with van der Waals surface area (Å²) in [6.45, 7) is 0.774. The van der Waals surface area contributed by atoms with E-state index in [1.807, 2.05) is 50.5 Å². The number of carbonyl (C=O) groups is 2. The van der Waals surface area contributed by atoms with E-state index in [1.165, 1.54) is 36.4 Å². The molecule has 0 atom stereocenters. The highest BCUT2D eigenvalue weighted by Crippen LogP contribution is 2.31. The fraction of sp³-hybridized carbons (Fsp3) is 0.182. The van der Waals surface area contributed by atoms with Crippen LogP contribution in [0.5, 0.6) is 0 Å². The monoisotopic (exact) mass is 393 g/mol. The summed E-state index contributed by atoms with van der Waals surface area (Å²) >= 11 is 0. The molecule has 3 rings (SSSR count). The number of amides is 2.